The van der Waals surface area contributed by atoms with Crippen molar-refractivity contribution in [3.63, 3.8) is 0 Å². The standard InChI is InChI=1S/C27H43ClN8O7/c1-2-18(38)19(39)13-36(14-20(40)21(41)15-37)11-12-43-17-8-6-16(7-9-17)5-3-4-10-32-27(31)35-26(42)22-24(29)34-25(30)23(28)33-22/h6-9,18-21,37-41H,2-5,10-15H2,1H3,(H4,29,30,34)(H3,31,32,35,42)/t18-,19+,20+,21-/m0/s1. The monoisotopic (exact) mass is 626 g/mol. The second kappa shape index (κ2) is 18.4. The molecule has 4 atom stereocenters. The lowest BCUT2D eigenvalue weighted by atomic mass is 10.1. The van der Waals surface area contributed by atoms with Crippen molar-refractivity contribution in [3.8, 4) is 5.75 Å². The van der Waals surface area contributed by atoms with Gasteiger partial charge in [0.25, 0.3) is 5.91 Å². The number of hydrogen-bond acceptors (Lipinski definition) is 13. The first-order valence-corrected chi connectivity index (χ1v) is 14.3. The normalized spacial score (nSPS) is 14.7. The van der Waals surface area contributed by atoms with E-state index in [1.54, 1.807) is 11.8 Å². The van der Waals surface area contributed by atoms with Crippen molar-refractivity contribution >= 4 is 35.1 Å². The number of amides is 1. The van der Waals surface area contributed by atoms with E-state index in [-0.39, 0.29) is 48.1 Å². The van der Waals surface area contributed by atoms with Gasteiger partial charge in [0.15, 0.2) is 28.4 Å². The molecule has 1 aromatic heterocycles. The molecule has 0 aliphatic heterocycles. The zero-order valence-corrected chi connectivity index (χ0v) is 24.9. The lowest BCUT2D eigenvalue weighted by molar-refractivity contribution is -0.0473. The van der Waals surface area contributed by atoms with Crippen LogP contribution in [0.5, 0.6) is 5.75 Å². The van der Waals surface area contributed by atoms with Gasteiger partial charge in [-0.15, -0.1) is 0 Å². The van der Waals surface area contributed by atoms with Crippen LogP contribution in [0.4, 0.5) is 11.6 Å². The minimum Gasteiger partial charge on any atom is -0.492 e. The van der Waals surface area contributed by atoms with Crippen LogP contribution in [-0.4, -0.2) is 116 Å². The van der Waals surface area contributed by atoms with Gasteiger partial charge in [0.05, 0.1) is 24.9 Å². The number of ether oxygens (including phenoxy) is 1. The maximum absolute atomic E-state index is 12.3. The van der Waals surface area contributed by atoms with E-state index in [2.05, 4.69) is 20.3 Å². The lowest BCUT2D eigenvalue weighted by Crippen LogP contribution is -2.47. The van der Waals surface area contributed by atoms with Crippen LogP contribution < -0.4 is 27.3 Å². The molecule has 0 saturated carbocycles. The van der Waals surface area contributed by atoms with Gasteiger partial charge in [0.1, 0.15) is 18.5 Å². The average molecular weight is 627 g/mol. The summed E-state index contributed by atoms with van der Waals surface area (Å²) in [6, 6.07) is 7.56. The van der Waals surface area contributed by atoms with Crippen molar-refractivity contribution < 1.29 is 35.1 Å². The topological polar surface area (TPSA) is 259 Å². The Balaban J connectivity index is 1.76. The molecule has 2 aromatic rings. The Hall–Kier alpha value is -3.31. The Labute approximate surface area is 255 Å². The van der Waals surface area contributed by atoms with Crippen LogP contribution >= 0.6 is 11.6 Å². The molecular weight excluding hydrogens is 584 g/mol. The van der Waals surface area contributed by atoms with Crippen molar-refractivity contribution in [2.75, 3.05) is 50.9 Å². The molecule has 0 aliphatic carbocycles. The molecule has 43 heavy (non-hydrogen) atoms. The van der Waals surface area contributed by atoms with Crippen LogP contribution in [-0.2, 0) is 6.42 Å². The summed E-state index contributed by atoms with van der Waals surface area (Å²) in [6.07, 6.45) is -1.80. The molecule has 240 valence electrons. The van der Waals surface area contributed by atoms with Crippen LogP contribution in [0.1, 0.15) is 42.2 Å². The molecule has 0 aliphatic rings. The predicted octanol–water partition coefficient (Wildman–Crippen LogP) is -1.11. The van der Waals surface area contributed by atoms with Gasteiger partial charge in [0.2, 0.25) is 0 Å². The zero-order chi connectivity index (χ0) is 31.9. The van der Waals surface area contributed by atoms with E-state index < -0.39 is 36.9 Å². The highest BCUT2D eigenvalue weighted by Gasteiger charge is 2.23. The molecular formula is C27H43ClN8O7. The van der Waals surface area contributed by atoms with Gasteiger partial charge in [0, 0.05) is 26.2 Å². The van der Waals surface area contributed by atoms with E-state index in [1.807, 2.05) is 24.3 Å². The summed E-state index contributed by atoms with van der Waals surface area (Å²) in [4.78, 5) is 25.6. The smallest absolute Gasteiger partial charge is 0.280 e. The number of aromatic nitrogens is 2. The number of anilines is 2. The Morgan fingerprint density at radius 1 is 1.02 bits per heavy atom. The number of unbranched alkanes of at least 4 members (excludes halogenated alkanes) is 1. The number of rotatable bonds is 18. The zero-order valence-electron chi connectivity index (χ0n) is 24.1. The fraction of sp³-hybridized carbons (Fsp3) is 0.556. The van der Waals surface area contributed by atoms with E-state index in [4.69, 9.17) is 38.6 Å². The van der Waals surface area contributed by atoms with Gasteiger partial charge in [-0.3, -0.25) is 20.0 Å². The van der Waals surface area contributed by atoms with Gasteiger partial charge in [-0.25, -0.2) is 9.97 Å². The molecule has 0 fully saturated rings. The largest absolute Gasteiger partial charge is 0.492 e. The molecule has 0 saturated heterocycles. The van der Waals surface area contributed by atoms with Crippen LogP contribution in [0.3, 0.4) is 0 Å². The van der Waals surface area contributed by atoms with Crippen molar-refractivity contribution in [2.24, 2.45) is 10.7 Å². The Morgan fingerprint density at radius 3 is 2.30 bits per heavy atom. The van der Waals surface area contributed by atoms with Crippen LogP contribution in [0, 0.1) is 0 Å². The number of aliphatic imine (C=N–C) groups is 1. The van der Waals surface area contributed by atoms with Crippen molar-refractivity contribution in [2.45, 2.75) is 57.0 Å². The number of nitrogens with zero attached hydrogens (tertiary/aromatic N) is 4. The maximum Gasteiger partial charge on any atom is 0.280 e. The first-order valence-electron chi connectivity index (χ1n) is 13.9. The molecule has 1 amide bonds. The predicted molar refractivity (Wildman–Crippen MR) is 163 cm³/mol. The maximum atomic E-state index is 12.3. The molecule has 12 N–H and O–H groups in total. The number of halogens is 1. The Morgan fingerprint density at radius 2 is 1.67 bits per heavy atom. The number of carbonyl (C=O) groups excluding carboxylic acids is 1. The van der Waals surface area contributed by atoms with Gasteiger partial charge in [-0.1, -0.05) is 30.7 Å². The number of nitrogens with two attached hydrogens (primary N) is 3. The molecule has 1 aromatic carbocycles. The fourth-order valence-corrected chi connectivity index (χ4v) is 4.06. The van der Waals surface area contributed by atoms with Gasteiger partial charge < -0.3 is 47.5 Å². The summed E-state index contributed by atoms with van der Waals surface area (Å²) in [5.74, 6) is -0.417. The van der Waals surface area contributed by atoms with E-state index in [9.17, 15) is 25.2 Å². The number of nitrogen functional groups attached to an aromatic ring is 2. The number of hydrogen-bond donors (Lipinski definition) is 9. The minimum atomic E-state index is -1.31. The first-order chi connectivity index (χ1) is 20.4. The minimum absolute atomic E-state index is 0.0135. The van der Waals surface area contributed by atoms with Gasteiger partial charge in [-0.05, 0) is 43.4 Å². The molecule has 0 spiro atoms. The number of aliphatic hydroxyl groups excluding tert-OH is 5. The van der Waals surface area contributed by atoms with E-state index in [0.717, 1.165) is 24.8 Å². The van der Waals surface area contributed by atoms with Crippen molar-refractivity contribution in [3.05, 3.63) is 40.7 Å². The highest BCUT2D eigenvalue weighted by Crippen LogP contribution is 2.17. The lowest BCUT2D eigenvalue weighted by Gasteiger charge is -2.29. The van der Waals surface area contributed by atoms with Crippen molar-refractivity contribution in [1.82, 2.24) is 20.2 Å². The molecule has 0 bridgehead atoms. The Bertz CT molecular complexity index is 1160. The highest BCUT2D eigenvalue weighted by atomic mass is 35.5. The van der Waals surface area contributed by atoms with E-state index in [1.165, 1.54) is 0 Å². The molecule has 16 heteroatoms. The number of benzene rings is 1. The summed E-state index contributed by atoms with van der Waals surface area (Å²) in [5, 5.41) is 51.2. The summed E-state index contributed by atoms with van der Waals surface area (Å²) >= 11 is 5.79. The highest BCUT2D eigenvalue weighted by molar-refractivity contribution is 6.31. The summed E-state index contributed by atoms with van der Waals surface area (Å²) in [5.41, 5.74) is 17.8. The molecule has 1 heterocycles. The number of aryl methyl sites for hydroxylation is 1. The Kier molecular flexibility index (Phi) is 15.3. The van der Waals surface area contributed by atoms with Gasteiger partial charge in [-0.2, -0.15) is 0 Å². The second-order valence-corrected chi connectivity index (χ2v) is 10.3. The summed E-state index contributed by atoms with van der Waals surface area (Å²) in [6.45, 7) is 2.14. The van der Waals surface area contributed by atoms with Gasteiger partial charge >= 0.3 is 0 Å². The number of guanidine groups is 1. The van der Waals surface area contributed by atoms with E-state index >= 15 is 0 Å². The second-order valence-electron chi connectivity index (χ2n) is 9.92. The van der Waals surface area contributed by atoms with Crippen LogP contribution in [0.25, 0.3) is 0 Å². The third-order valence-electron chi connectivity index (χ3n) is 6.50. The average Bonchev–Trinajstić information content (AvgIpc) is 2.98. The summed E-state index contributed by atoms with van der Waals surface area (Å²) in [7, 11) is 0. The molecule has 0 unspecified atom stereocenters. The molecule has 0 radical (unpaired) electrons. The van der Waals surface area contributed by atoms with E-state index in [0.29, 0.717) is 25.3 Å². The first kappa shape index (κ1) is 35.9. The van der Waals surface area contributed by atoms with Crippen LogP contribution in [0.15, 0.2) is 29.3 Å². The quantitative estimate of drug-likeness (QED) is 0.0540. The SMILES string of the molecule is CC[C@H](O)[C@H](O)CN(CCOc1ccc(CCCCN=C(N)NC(=O)c2nc(Cl)c(N)nc2N)cc1)C[C@@H](O)[C@@H](O)CO. The van der Waals surface area contributed by atoms with Crippen molar-refractivity contribution in [1.29, 1.82) is 0 Å². The fourth-order valence-electron chi connectivity index (χ4n) is 3.93. The molecule has 2 rings (SSSR count). The third kappa shape index (κ3) is 12.4. The number of nitrogens with one attached hydrogen (secondary N) is 1. The summed E-state index contributed by atoms with van der Waals surface area (Å²) < 4.78 is 5.81. The number of aliphatic hydroxyl groups is 5. The van der Waals surface area contributed by atoms with Crippen LogP contribution in [0.2, 0.25) is 5.15 Å². The molecule has 15 nitrogen and oxygen atoms in total. The number of carbonyl (C=O) groups is 1. The third-order valence-corrected chi connectivity index (χ3v) is 6.78.